The first kappa shape index (κ1) is 18.7. The van der Waals surface area contributed by atoms with Crippen molar-refractivity contribution in [1.29, 1.82) is 0 Å². The van der Waals surface area contributed by atoms with Crippen LogP contribution in [0.15, 0.2) is 36.4 Å². The molecule has 4 heteroatoms. The summed E-state index contributed by atoms with van der Waals surface area (Å²) in [5, 5.41) is 0.813. The second kappa shape index (κ2) is 6.11. The molecule has 1 saturated heterocycles. The zero-order valence-electron chi connectivity index (χ0n) is 17.3. The Morgan fingerprint density at radius 2 is 1.46 bits per heavy atom. The minimum atomic E-state index is -0.324. The number of benzene rings is 2. The first-order chi connectivity index (χ1) is 13.2. The molecule has 2 nitrogen and oxygen atoms in total. The van der Waals surface area contributed by atoms with E-state index in [4.69, 9.17) is 20.9 Å². The van der Waals surface area contributed by atoms with Gasteiger partial charge in [-0.3, -0.25) is 0 Å². The normalized spacial score (nSPS) is 23.7. The summed E-state index contributed by atoms with van der Waals surface area (Å²) >= 11 is 6.37. The molecule has 1 saturated carbocycles. The van der Waals surface area contributed by atoms with E-state index in [-0.39, 0.29) is 23.7 Å². The van der Waals surface area contributed by atoms with Gasteiger partial charge in [0.25, 0.3) is 0 Å². The summed E-state index contributed by atoms with van der Waals surface area (Å²) in [5.41, 5.74) is 6.14. The summed E-state index contributed by atoms with van der Waals surface area (Å²) in [7, 11) is -0.316. The monoisotopic (exact) mass is 394 g/mol. The summed E-state index contributed by atoms with van der Waals surface area (Å²) < 4.78 is 12.7. The fraction of sp³-hybridized carbons (Fsp3) is 0.500. The van der Waals surface area contributed by atoms with Crippen molar-refractivity contribution >= 4 is 24.2 Å². The van der Waals surface area contributed by atoms with Gasteiger partial charge in [-0.05, 0) is 80.4 Å². The molecule has 0 bridgehead atoms. The molecule has 28 heavy (non-hydrogen) atoms. The van der Waals surface area contributed by atoms with Gasteiger partial charge in [0, 0.05) is 10.4 Å². The first-order valence-electron chi connectivity index (χ1n) is 10.5. The number of halogens is 1. The van der Waals surface area contributed by atoms with Crippen molar-refractivity contribution in [1.82, 2.24) is 0 Å². The second-order valence-electron chi connectivity index (χ2n) is 9.73. The lowest BCUT2D eigenvalue weighted by molar-refractivity contribution is 0.00578. The molecule has 0 unspecified atom stereocenters. The van der Waals surface area contributed by atoms with Crippen LogP contribution in [0.3, 0.4) is 0 Å². The summed E-state index contributed by atoms with van der Waals surface area (Å²) in [6, 6.07) is 13.3. The van der Waals surface area contributed by atoms with Gasteiger partial charge in [-0.15, -0.1) is 0 Å². The Hall–Kier alpha value is -1.29. The molecule has 1 aliphatic heterocycles. The second-order valence-corrected chi connectivity index (χ2v) is 10.2. The third kappa shape index (κ3) is 2.56. The maximum Gasteiger partial charge on any atom is 0.494 e. The van der Waals surface area contributed by atoms with Crippen LogP contribution in [0.2, 0.25) is 5.02 Å². The predicted octanol–water partition coefficient (Wildman–Crippen LogP) is 5.87. The molecule has 5 rings (SSSR count). The van der Waals surface area contributed by atoms with E-state index in [1.54, 1.807) is 0 Å². The van der Waals surface area contributed by atoms with E-state index >= 15 is 0 Å². The first-order valence-corrected chi connectivity index (χ1v) is 10.9. The SMILES string of the molecule is CC1(C)OB(c2ccc3c(c2)C2(CCCCC2)c2ccc(Cl)cc2-3)OC1(C)C. The highest BCUT2D eigenvalue weighted by atomic mass is 35.5. The van der Waals surface area contributed by atoms with Gasteiger partial charge >= 0.3 is 7.12 Å². The lowest BCUT2D eigenvalue weighted by Crippen LogP contribution is -2.41. The lowest BCUT2D eigenvalue weighted by atomic mass is 9.66. The van der Waals surface area contributed by atoms with Gasteiger partial charge in [-0.1, -0.05) is 55.1 Å². The van der Waals surface area contributed by atoms with Crippen molar-refractivity contribution in [2.75, 3.05) is 0 Å². The highest BCUT2D eigenvalue weighted by Gasteiger charge is 2.52. The zero-order chi connectivity index (χ0) is 19.7. The molecular formula is C24H28BClO2. The summed E-state index contributed by atoms with van der Waals surface area (Å²) in [6.45, 7) is 8.45. The minimum Gasteiger partial charge on any atom is -0.399 e. The summed E-state index contributed by atoms with van der Waals surface area (Å²) in [6.07, 6.45) is 6.31. The van der Waals surface area contributed by atoms with Gasteiger partial charge in [0.05, 0.1) is 11.2 Å². The van der Waals surface area contributed by atoms with E-state index in [1.165, 1.54) is 54.4 Å². The maximum absolute atomic E-state index is 6.37. The molecule has 2 aromatic carbocycles. The highest BCUT2D eigenvalue weighted by molar-refractivity contribution is 6.62. The molecule has 3 aliphatic rings. The van der Waals surface area contributed by atoms with Gasteiger partial charge in [-0.2, -0.15) is 0 Å². The number of hydrogen-bond donors (Lipinski definition) is 0. The molecule has 0 N–H and O–H groups in total. The van der Waals surface area contributed by atoms with Crippen LogP contribution >= 0.6 is 11.6 Å². The molecule has 146 valence electrons. The van der Waals surface area contributed by atoms with Gasteiger partial charge < -0.3 is 9.31 Å². The average Bonchev–Trinajstić information content (AvgIpc) is 3.03. The van der Waals surface area contributed by atoms with Crippen LogP contribution in [0, 0.1) is 0 Å². The van der Waals surface area contributed by atoms with Gasteiger partial charge in [0.2, 0.25) is 0 Å². The minimum absolute atomic E-state index is 0.118. The summed E-state index contributed by atoms with van der Waals surface area (Å²) in [4.78, 5) is 0. The summed E-state index contributed by atoms with van der Waals surface area (Å²) in [5.74, 6) is 0. The van der Waals surface area contributed by atoms with Crippen molar-refractivity contribution in [3.63, 3.8) is 0 Å². The molecule has 1 heterocycles. The molecule has 0 amide bonds. The van der Waals surface area contributed by atoms with Gasteiger partial charge in [0.15, 0.2) is 0 Å². The molecule has 1 spiro atoms. The molecule has 2 fully saturated rings. The Morgan fingerprint density at radius 3 is 2.14 bits per heavy atom. The van der Waals surface area contributed by atoms with Crippen LogP contribution < -0.4 is 5.46 Å². The fourth-order valence-electron chi connectivity index (χ4n) is 5.31. The van der Waals surface area contributed by atoms with Crippen LogP contribution in [0.5, 0.6) is 0 Å². The van der Waals surface area contributed by atoms with E-state index in [0.29, 0.717) is 0 Å². The lowest BCUT2D eigenvalue weighted by Gasteiger charge is -2.36. The average molecular weight is 395 g/mol. The van der Waals surface area contributed by atoms with E-state index in [9.17, 15) is 0 Å². The van der Waals surface area contributed by atoms with Crippen molar-refractivity contribution in [3.8, 4) is 11.1 Å². The fourth-order valence-corrected chi connectivity index (χ4v) is 5.49. The van der Waals surface area contributed by atoms with Crippen molar-refractivity contribution < 1.29 is 9.31 Å². The van der Waals surface area contributed by atoms with Crippen molar-refractivity contribution in [2.45, 2.75) is 76.4 Å². The molecule has 0 atom stereocenters. The zero-order valence-corrected chi connectivity index (χ0v) is 18.0. The Kier molecular flexibility index (Phi) is 4.08. The van der Waals surface area contributed by atoms with E-state index in [2.05, 4.69) is 64.1 Å². The Morgan fingerprint density at radius 1 is 0.786 bits per heavy atom. The third-order valence-corrected chi connectivity index (χ3v) is 7.81. The maximum atomic E-state index is 6.37. The largest absolute Gasteiger partial charge is 0.494 e. The highest BCUT2D eigenvalue weighted by Crippen LogP contribution is 2.56. The number of rotatable bonds is 1. The molecule has 2 aliphatic carbocycles. The van der Waals surface area contributed by atoms with E-state index < -0.39 is 0 Å². The van der Waals surface area contributed by atoms with Crippen molar-refractivity contribution in [2.24, 2.45) is 0 Å². The Bertz CT molecular complexity index is 928. The molecule has 2 aromatic rings. The molecule has 0 radical (unpaired) electrons. The Labute approximate surface area is 173 Å². The quantitative estimate of drug-likeness (QED) is 0.563. The standard InChI is InChI=1S/C24H28BClO2/c1-22(2)23(3,4)28-25(27-22)16-8-10-18-19-15-17(26)9-11-20(19)24(21(18)14-16)12-6-5-7-13-24/h8-11,14-15H,5-7,12-13H2,1-4H3. The molecule has 0 aromatic heterocycles. The third-order valence-electron chi connectivity index (χ3n) is 7.58. The smallest absolute Gasteiger partial charge is 0.399 e. The van der Waals surface area contributed by atoms with Crippen LogP contribution in [-0.4, -0.2) is 18.3 Å². The van der Waals surface area contributed by atoms with Crippen LogP contribution in [0.1, 0.15) is 70.9 Å². The Balaban J connectivity index is 1.63. The van der Waals surface area contributed by atoms with E-state index in [1.807, 2.05) is 0 Å². The van der Waals surface area contributed by atoms with Gasteiger partial charge in [0.1, 0.15) is 0 Å². The number of fused-ring (bicyclic) bond motifs is 5. The number of hydrogen-bond acceptors (Lipinski definition) is 2. The van der Waals surface area contributed by atoms with Gasteiger partial charge in [-0.25, -0.2) is 0 Å². The van der Waals surface area contributed by atoms with Crippen LogP contribution in [0.25, 0.3) is 11.1 Å². The van der Waals surface area contributed by atoms with Crippen LogP contribution in [-0.2, 0) is 14.7 Å². The molecular weight excluding hydrogens is 367 g/mol. The van der Waals surface area contributed by atoms with E-state index in [0.717, 1.165) is 10.5 Å². The predicted molar refractivity (Wildman–Crippen MR) is 116 cm³/mol. The topological polar surface area (TPSA) is 18.5 Å². The van der Waals surface area contributed by atoms with Crippen molar-refractivity contribution in [3.05, 3.63) is 52.5 Å². The van der Waals surface area contributed by atoms with Crippen LogP contribution in [0.4, 0.5) is 0 Å².